The van der Waals surface area contributed by atoms with Crippen LogP contribution in [0.15, 0.2) is 41.3 Å². The Morgan fingerprint density at radius 1 is 1.12 bits per heavy atom. The third-order valence-corrected chi connectivity index (χ3v) is 5.71. The summed E-state index contributed by atoms with van der Waals surface area (Å²) in [6.45, 7) is 6.25. The minimum atomic E-state index is -0.685. The van der Waals surface area contributed by atoms with E-state index in [2.05, 4.69) is 40.7 Å². The molecule has 0 aliphatic carbocycles. The van der Waals surface area contributed by atoms with Crippen molar-refractivity contribution in [1.29, 1.82) is 0 Å². The molecule has 176 valence electrons. The Bertz CT molecular complexity index is 1330. The molecule has 1 aromatic carbocycles. The topological polar surface area (TPSA) is 125 Å². The van der Waals surface area contributed by atoms with Gasteiger partial charge in [0.2, 0.25) is 5.95 Å². The normalized spacial score (nSPS) is 13.0. The number of hydrogen-bond acceptors (Lipinski definition) is 7. The second kappa shape index (κ2) is 9.86. The van der Waals surface area contributed by atoms with E-state index in [-0.39, 0.29) is 29.6 Å². The second-order valence-electron chi connectivity index (χ2n) is 7.98. The number of aromatic nitrogens is 7. The average molecular weight is 466 g/mol. The van der Waals surface area contributed by atoms with Gasteiger partial charge in [0, 0.05) is 12.1 Å². The summed E-state index contributed by atoms with van der Waals surface area (Å²) in [7, 11) is 0. The molecule has 9 nitrogen and oxygen atoms in total. The first-order chi connectivity index (χ1) is 16.4. The van der Waals surface area contributed by atoms with Crippen LogP contribution in [0.25, 0.3) is 11.3 Å². The molecule has 2 atom stereocenters. The van der Waals surface area contributed by atoms with E-state index in [0.29, 0.717) is 23.2 Å². The minimum Gasteiger partial charge on any atom is -0.347 e. The van der Waals surface area contributed by atoms with Gasteiger partial charge in [0.05, 0.1) is 29.2 Å². The lowest BCUT2D eigenvalue weighted by Gasteiger charge is -2.19. The zero-order valence-electron chi connectivity index (χ0n) is 18.9. The first-order valence-corrected chi connectivity index (χ1v) is 10.9. The summed E-state index contributed by atoms with van der Waals surface area (Å²) in [4.78, 5) is 22.5. The lowest BCUT2D eigenvalue weighted by molar-refractivity contribution is 0.587. The molecule has 0 amide bonds. The Morgan fingerprint density at radius 2 is 1.88 bits per heavy atom. The van der Waals surface area contributed by atoms with Crippen molar-refractivity contribution in [2.24, 2.45) is 0 Å². The summed E-state index contributed by atoms with van der Waals surface area (Å²) >= 11 is 0. The zero-order chi connectivity index (χ0) is 24.2. The predicted octanol–water partition coefficient (Wildman–Crippen LogP) is 3.90. The van der Waals surface area contributed by atoms with Crippen LogP contribution in [0, 0.1) is 11.6 Å². The molecule has 0 aliphatic rings. The van der Waals surface area contributed by atoms with Gasteiger partial charge in [-0.05, 0) is 42.2 Å². The Labute approximate surface area is 194 Å². The van der Waals surface area contributed by atoms with Crippen LogP contribution in [-0.4, -0.2) is 35.3 Å². The number of aromatic amines is 2. The summed E-state index contributed by atoms with van der Waals surface area (Å²) in [5.41, 5.74) is 1.79. The SMILES string of the molecule is CC[C@@H](C)c1cc(-c2c(F)cccc2F)nnc1C(C)c1ccnc(NCc2n[nH]c(=O)[nH]2)n1. The average Bonchev–Trinajstić information content (AvgIpc) is 3.27. The number of hydrogen-bond donors (Lipinski definition) is 3. The van der Waals surface area contributed by atoms with Crippen LogP contribution in [0.2, 0.25) is 0 Å². The number of nitrogens with zero attached hydrogens (tertiary/aromatic N) is 5. The van der Waals surface area contributed by atoms with E-state index in [1.165, 1.54) is 18.2 Å². The van der Waals surface area contributed by atoms with E-state index in [0.717, 1.165) is 12.0 Å². The van der Waals surface area contributed by atoms with Gasteiger partial charge in [0.25, 0.3) is 0 Å². The predicted molar refractivity (Wildman–Crippen MR) is 122 cm³/mol. The van der Waals surface area contributed by atoms with Gasteiger partial charge in [0.1, 0.15) is 17.5 Å². The van der Waals surface area contributed by atoms with Crippen LogP contribution in [0.1, 0.15) is 61.8 Å². The summed E-state index contributed by atoms with van der Waals surface area (Å²) in [6, 6.07) is 7.21. The fourth-order valence-corrected chi connectivity index (χ4v) is 3.62. The van der Waals surface area contributed by atoms with E-state index < -0.39 is 17.3 Å². The van der Waals surface area contributed by atoms with Crippen LogP contribution in [-0.2, 0) is 6.54 Å². The number of rotatable bonds is 8. The third kappa shape index (κ3) is 4.82. The maximum Gasteiger partial charge on any atom is 0.340 e. The largest absolute Gasteiger partial charge is 0.347 e. The Balaban J connectivity index is 1.66. The number of H-pyrrole nitrogens is 2. The van der Waals surface area contributed by atoms with Crippen molar-refractivity contribution >= 4 is 5.95 Å². The summed E-state index contributed by atoms with van der Waals surface area (Å²) in [5.74, 6) is -0.767. The lowest BCUT2D eigenvalue weighted by Crippen LogP contribution is -2.12. The molecule has 0 radical (unpaired) electrons. The molecule has 0 aliphatic heterocycles. The fraction of sp³-hybridized carbons (Fsp3) is 0.304. The first kappa shape index (κ1) is 23.1. The highest BCUT2D eigenvalue weighted by atomic mass is 19.1. The summed E-state index contributed by atoms with van der Waals surface area (Å²) in [6.07, 6.45) is 2.43. The third-order valence-electron chi connectivity index (χ3n) is 5.71. The molecular formula is C23H24F2N8O. The highest BCUT2D eigenvalue weighted by Crippen LogP contribution is 2.33. The fourth-order valence-electron chi connectivity index (χ4n) is 3.62. The molecule has 0 spiro atoms. The number of halogens is 2. The zero-order valence-corrected chi connectivity index (χ0v) is 18.9. The highest BCUT2D eigenvalue weighted by Gasteiger charge is 2.23. The molecular weight excluding hydrogens is 442 g/mol. The molecule has 0 bridgehead atoms. The number of nitrogens with one attached hydrogen (secondary N) is 3. The van der Waals surface area contributed by atoms with E-state index in [1.54, 1.807) is 18.3 Å². The molecule has 1 unspecified atom stereocenters. The molecule has 4 aromatic rings. The van der Waals surface area contributed by atoms with Crippen LogP contribution in [0.5, 0.6) is 0 Å². The maximum absolute atomic E-state index is 14.4. The molecule has 0 saturated heterocycles. The van der Waals surface area contributed by atoms with E-state index in [9.17, 15) is 13.6 Å². The first-order valence-electron chi connectivity index (χ1n) is 10.9. The van der Waals surface area contributed by atoms with Crippen molar-refractivity contribution in [3.05, 3.63) is 81.4 Å². The van der Waals surface area contributed by atoms with Gasteiger partial charge in [-0.2, -0.15) is 15.3 Å². The molecule has 34 heavy (non-hydrogen) atoms. The van der Waals surface area contributed by atoms with Gasteiger partial charge in [-0.25, -0.2) is 28.6 Å². The number of anilines is 1. The van der Waals surface area contributed by atoms with E-state index >= 15 is 0 Å². The maximum atomic E-state index is 14.4. The van der Waals surface area contributed by atoms with Crippen LogP contribution < -0.4 is 11.0 Å². The molecule has 0 saturated carbocycles. The molecule has 3 aromatic heterocycles. The molecule has 11 heteroatoms. The van der Waals surface area contributed by atoms with Crippen molar-refractivity contribution in [2.75, 3.05) is 5.32 Å². The molecule has 4 rings (SSSR count). The Morgan fingerprint density at radius 3 is 2.56 bits per heavy atom. The van der Waals surface area contributed by atoms with Crippen LogP contribution >= 0.6 is 0 Å². The van der Waals surface area contributed by atoms with Gasteiger partial charge >= 0.3 is 5.69 Å². The van der Waals surface area contributed by atoms with Crippen LogP contribution in [0.4, 0.5) is 14.7 Å². The van der Waals surface area contributed by atoms with Crippen molar-refractivity contribution in [2.45, 2.75) is 45.6 Å². The quantitative estimate of drug-likeness (QED) is 0.360. The monoisotopic (exact) mass is 466 g/mol. The van der Waals surface area contributed by atoms with Crippen LogP contribution in [0.3, 0.4) is 0 Å². The summed E-state index contributed by atoms with van der Waals surface area (Å²) in [5, 5.41) is 17.7. The van der Waals surface area contributed by atoms with Crippen molar-refractivity contribution < 1.29 is 8.78 Å². The van der Waals surface area contributed by atoms with Gasteiger partial charge in [-0.15, -0.1) is 0 Å². The second-order valence-corrected chi connectivity index (χ2v) is 7.98. The summed E-state index contributed by atoms with van der Waals surface area (Å²) < 4.78 is 28.7. The van der Waals surface area contributed by atoms with Gasteiger partial charge in [0.15, 0.2) is 0 Å². The Kier molecular flexibility index (Phi) is 6.71. The highest BCUT2D eigenvalue weighted by molar-refractivity contribution is 5.61. The Hall–Kier alpha value is -4.02. The van der Waals surface area contributed by atoms with Gasteiger partial charge < -0.3 is 5.32 Å². The van der Waals surface area contributed by atoms with Crippen molar-refractivity contribution in [3.8, 4) is 11.3 Å². The smallest absolute Gasteiger partial charge is 0.340 e. The molecule has 3 heterocycles. The molecule has 0 fully saturated rings. The molecule has 3 N–H and O–H groups in total. The lowest BCUT2D eigenvalue weighted by atomic mass is 9.89. The van der Waals surface area contributed by atoms with E-state index in [1.807, 2.05) is 20.8 Å². The van der Waals surface area contributed by atoms with Crippen molar-refractivity contribution in [3.63, 3.8) is 0 Å². The van der Waals surface area contributed by atoms with Gasteiger partial charge in [-0.3, -0.25) is 4.98 Å². The minimum absolute atomic E-state index is 0.0810. The van der Waals surface area contributed by atoms with E-state index in [4.69, 9.17) is 0 Å². The standard InChI is InChI=1S/C23H24F2N8O/c1-4-12(2)14-10-18(20-15(24)6-5-7-16(20)25)30-32-21(14)13(3)17-8-9-26-22(28-17)27-11-19-29-23(34)33-31-19/h5-10,12-13H,4,11H2,1-3H3,(H,26,27,28)(H2,29,31,33,34)/t12-,13?/m1/s1. The number of benzene rings is 1. The van der Waals surface area contributed by atoms with Crippen molar-refractivity contribution in [1.82, 2.24) is 35.3 Å². The van der Waals surface area contributed by atoms with Gasteiger partial charge in [-0.1, -0.05) is 26.8 Å².